The van der Waals surface area contributed by atoms with E-state index in [-0.39, 0.29) is 0 Å². The Hall–Kier alpha value is -0.160. The quantitative estimate of drug-likeness (QED) is 0.578. The van der Waals surface area contributed by atoms with Gasteiger partial charge in [-0.25, -0.2) is 0 Å². The third kappa shape index (κ3) is 7.02. The maximum Gasteiger partial charge on any atom is 0.0897 e. The van der Waals surface area contributed by atoms with E-state index in [0.717, 1.165) is 25.9 Å². The van der Waals surface area contributed by atoms with Crippen LogP contribution in [0.4, 0.5) is 0 Å². The SMILES string of the molecule is CCCCC(CC)COCC(O)CNC1CC(OC)C1. The fraction of sp³-hybridized carbons (Fsp3) is 1.00. The lowest BCUT2D eigenvalue weighted by Crippen LogP contribution is -2.47. The number of ether oxygens (including phenoxy) is 2. The summed E-state index contributed by atoms with van der Waals surface area (Å²) in [5.74, 6) is 0.643. The largest absolute Gasteiger partial charge is 0.389 e. The van der Waals surface area contributed by atoms with Crippen LogP contribution < -0.4 is 5.32 Å². The Morgan fingerprint density at radius 1 is 1.25 bits per heavy atom. The summed E-state index contributed by atoms with van der Waals surface area (Å²) in [6, 6.07) is 0.502. The van der Waals surface area contributed by atoms with Gasteiger partial charge in [0.25, 0.3) is 0 Å². The van der Waals surface area contributed by atoms with Crippen LogP contribution in [0.3, 0.4) is 0 Å². The van der Waals surface area contributed by atoms with Crippen molar-refractivity contribution in [2.45, 2.75) is 70.6 Å². The van der Waals surface area contributed by atoms with Gasteiger partial charge in [-0.15, -0.1) is 0 Å². The molecule has 1 saturated carbocycles. The molecular weight excluding hydrogens is 254 g/mol. The molecule has 2 unspecified atom stereocenters. The average molecular weight is 287 g/mol. The van der Waals surface area contributed by atoms with Crippen LogP contribution in [-0.2, 0) is 9.47 Å². The van der Waals surface area contributed by atoms with Crippen molar-refractivity contribution in [3.05, 3.63) is 0 Å². The topological polar surface area (TPSA) is 50.7 Å². The van der Waals surface area contributed by atoms with Crippen molar-refractivity contribution in [3.8, 4) is 0 Å². The molecule has 0 heterocycles. The molecule has 0 aliphatic heterocycles. The highest BCUT2D eigenvalue weighted by atomic mass is 16.5. The van der Waals surface area contributed by atoms with Crippen molar-refractivity contribution >= 4 is 0 Å². The van der Waals surface area contributed by atoms with Gasteiger partial charge in [0.15, 0.2) is 0 Å². The lowest BCUT2D eigenvalue weighted by molar-refractivity contribution is -0.000831. The Balaban J connectivity index is 1.98. The Morgan fingerprint density at radius 3 is 2.60 bits per heavy atom. The van der Waals surface area contributed by atoms with E-state index in [1.54, 1.807) is 7.11 Å². The van der Waals surface area contributed by atoms with Crippen LogP contribution in [0, 0.1) is 5.92 Å². The Kier molecular flexibility index (Phi) is 9.44. The first-order valence-corrected chi connectivity index (χ1v) is 8.21. The number of hydrogen-bond donors (Lipinski definition) is 2. The van der Waals surface area contributed by atoms with E-state index >= 15 is 0 Å². The number of unbranched alkanes of at least 4 members (excludes halogenated alkanes) is 1. The Morgan fingerprint density at radius 2 is 2.00 bits per heavy atom. The van der Waals surface area contributed by atoms with E-state index in [1.807, 2.05) is 0 Å². The summed E-state index contributed by atoms with van der Waals surface area (Å²) in [7, 11) is 1.76. The molecular formula is C16H33NO3. The van der Waals surface area contributed by atoms with Gasteiger partial charge in [0, 0.05) is 26.3 Å². The van der Waals surface area contributed by atoms with Gasteiger partial charge >= 0.3 is 0 Å². The Bertz CT molecular complexity index is 232. The summed E-state index contributed by atoms with van der Waals surface area (Å²) in [5.41, 5.74) is 0. The molecule has 0 bridgehead atoms. The molecule has 1 aliphatic rings. The molecule has 0 spiro atoms. The zero-order valence-electron chi connectivity index (χ0n) is 13.4. The van der Waals surface area contributed by atoms with Gasteiger partial charge in [0.1, 0.15) is 0 Å². The third-order valence-electron chi connectivity index (χ3n) is 4.28. The summed E-state index contributed by atoms with van der Waals surface area (Å²) in [4.78, 5) is 0. The lowest BCUT2D eigenvalue weighted by atomic mass is 9.89. The predicted molar refractivity (Wildman–Crippen MR) is 82.0 cm³/mol. The maximum atomic E-state index is 9.88. The first-order chi connectivity index (χ1) is 9.69. The molecule has 0 saturated heterocycles. The second-order valence-corrected chi connectivity index (χ2v) is 6.04. The van der Waals surface area contributed by atoms with E-state index in [4.69, 9.17) is 9.47 Å². The van der Waals surface area contributed by atoms with Crippen molar-refractivity contribution in [1.29, 1.82) is 0 Å². The highest BCUT2D eigenvalue weighted by molar-refractivity contribution is 4.86. The summed E-state index contributed by atoms with van der Waals surface area (Å²) < 4.78 is 10.9. The Labute approximate surface area is 124 Å². The van der Waals surface area contributed by atoms with E-state index in [2.05, 4.69) is 19.2 Å². The van der Waals surface area contributed by atoms with Gasteiger partial charge in [-0.1, -0.05) is 33.1 Å². The van der Waals surface area contributed by atoms with Crippen LogP contribution in [-0.4, -0.2) is 50.2 Å². The third-order valence-corrected chi connectivity index (χ3v) is 4.28. The molecule has 4 nitrogen and oxygen atoms in total. The highest BCUT2D eigenvalue weighted by Gasteiger charge is 2.28. The molecule has 4 heteroatoms. The number of hydrogen-bond acceptors (Lipinski definition) is 4. The second-order valence-electron chi connectivity index (χ2n) is 6.04. The van der Waals surface area contributed by atoms with E-state index < -0.39 is 6.10 Å². The molecule has 0 radical (unpaired) electrons. The van der Waals surface area contributed by atoms with Crippen LogP contribution in [0.25, 0.3) is 0 Å². The van der Waals surface area contributed by atoms with Crippen molar-refractivity contribution < 1.29 is 14.6 Å². The predicted octanol–water partition coefficient (Wildman–Crippen LogP) is 2.35. The van der Waals surface area contributed by atoms with E-state index in [9.17, 15) is 5.11 Å². The molecule has 1 fully saturated rings. The summed E-state index contributed by atoms with van der Waals surface area (Å²) in [6.45, 7) is 6.27. The minimum Gasteiger partial charge on any atom is -0.389 e. The molecule has 2 atom stereocenters. The van der Waals surface area contributed by atoms with Crippen molar-refractivity contribution in [2.24, 2.45) is 5.92 Å². The molecule has 0 amide bonds. The lowest BCUT2D eigenvalue weighted by Gasteiger charge is -2.35. The smallest absolute Gasteiger partial charge is 0.0897 e. The van der Waals surface area contributed by atoms with Crippen molar-refractivity contribution in [1.82, 2.24) is 5.32 Å². The molecule has 1 rings (SSSR count). The van der Waals surface area contributed by atoms with Gasteiger partial charge in [-0.3, -0.25) is 0 Å². The molecule has 20 heavy (non-hydrogen) atoms. The minimum absolute atomic E-state index is 0.403. The summed E-state index contributed by atoms with van der Waals surface area (Å²) >= 11 is 0. The van der Waals surface area contributed by atoms with Gasteiger partial charge in [-0.05, 0) is 25.2 Å². The molecule has 0 aromatic rings. The van der Waals surface area contributed by atoms with Crippen LogP contribution in [0.15, 0.2) is 0 Å². The normalized spacial score (nSPS) is 25.2. The van der Waals surface area contributed by atoms with Crippen molar-refractivity contribution in [3.63, 3.8) is 0 Å². The zero-order valence-corrected chi connectivity index (χ0v) is 13.4. The number of aliphatic hydroxyl groups excluding tert-OH is 1. The second kappa shape index (κ2) is 10.6. The van der Waals surface area contributed by atoms with Crippen LogP contribution in [0.5, 0.6) is 0 Å². The van der Waals surface area contributed by atoms with Gasteiger partial charge in [0.2, 0.25) is 0 Å². The number of rotatable bonds is 12. The summed E-state index contributed by atoms with van der Waals surface area (Å²) in [5, 5.41) is 13.2. The van der Waals surface area contributed by atoms with E-state index in [0.29, 0.717) is 31.2 Å². The maximum absolute atomic E-state index is 9.88. The molecule has 2 N–H and O–H groups in total. The number of methoxy groups -OCH3 is 1. The average Bonchev–Trinajstić information content (AvgIpc) is 2.41. The monoisotopic (exact) mass is 287 g/mol. The van der Waals surface area contributed by atoms with Gasteiger partial charge < -0.3 is 19.9 Å². The number of aliphatic hydroxyl groups is 1. The van der Waals surface area contributed by atoms with Crippen LogP contribution >= 0.6 is 0 Å². The molecule has 0 aromatic heterocycles. The van der Waals surface area contributed by atoms with Gasteiger partial charge in [0.05, 0.1) is 18.8 Å². The number of nitrogens with one attached hydrogen (secondary N) is 1. The fourth-order valence-electron chi connectivity index (χ4n) is 2.56. The highest BCUT2D eigenvalue weighted by Crippen LogP contribution is 2.22. The van der Waals surface area contributed by atoms with E-state index in [1.165, 1.54) is 19.3 Å². The zero-order chi connectivity index (χ0) is 14.8. The van der Waals surface area contributed by atoms with Gasteiger partial charge in [-0.2, -0.15) is 0 Å². The fourth-order valence-corrected chi connectivity index (χ4v) is 2.56. The molecule has 1 aliphatic carbocycles. The standard InChI is InChI=1S/C16H33NO3/c1-4-6-7-13(5-2)11-20-12-15(18)10-17-14-8-16(9-14)19-3/h13-18H,4-12H2,1-3H3. The van der Waals surface area contributed by atoms with Crippen LogP contribution in [0.2, 0.25) is 0 Å². The first-order valence-electron chi connectivity index (χ1n) is 8.21. The summed E-state index contributed by atoms with van der Waals surface area (Å²) in [6.07, 6.45) is 7.03. The molecule has 0 aromatic carbocycles. The van der Waals surface area contributed by atoms with Crippen molar-refractivity contribution in [2.75, 3.05) is 26.9 Å². The van der Waals surface area contributed by atoms with Crippen LogP contribution in [0.1, 0.15) is 52.4 Å². The molecule has 120 valence electrons. The first kappa shape index (κ1) is 17.9. The minimum atomic E-state index is -0.403.